The molecular weight excluding hydrogens is 246 g/mol. The predicted octanol–water partition coefficient (Wildman–Crippen LogP) is 0.984. The summed E-state index contributed by atoms with van der Waals surface area (Å²) in [6.07, 6.45) is 5.27. The van der Waals surface area contributed by atoms with Crippen molar-refractivity contribution >= 4 is 11.8 Å². The Morgan fingerprint density at radius 2 is 2.05 bits per heavy atom. The number of imidazole rings is 1. The van der Waals surface area contributed by atoms with Crippen LogP contribution < -0.4 is 5.73 Å². The molecule has 0 aliphatic heterocycles. The average molecular weight is 261 g/mol. The second kappa shape index (κ2) is 5.47. The van der Waals surface area contributed by atoms with Gasteiger partial charge in [-0.2, -0.15) is 0 Å². The van der Waals surface area contributed by atoms with Crippen LogP contribution >= 0.6 is 0 Å². The zero-order valence-corrected chi connectivity index (χ0v) is 10.8. The maximum Gasteiger partial charge on any atom is 0.360 e. The average Bonchev–Trinajstić information content (AvgIpc) is 2.77. The molecule has 7 nitrogen and oxygen atoms in total. The van der Waals surface area contributed by atoms with Gasteiger partial charge in [0, 0.05) is 6.42 Å². The van der Waals surface area contributed by atoms with Gasteiger partial charge in [-0.15, -0.1) is 0 Å². The van der Waals surface area contributed by atoms with Crippen molar-refractivity contribution in [1.29, 1.82) is 0 Å². The van der Waals surface area contributed by atoms with Crippen molar-refractivity contribution < 1.29 is 9.53 Å². The highest BCUT2D eigenvalue weighted by atomic mass is 16.5. The lowest BCUT2D eigenvalue weighted by Crippen LogP contribution is -2.09. The Morgan fingerprint density at radius 1 is 1.37 bits per heavy atom. The SMILES string of the molecule is CCOC(=O)c1nc(CC)n(-c2cncnc2)c1N. The van der Waals surface area contributed by atoms with Crippen LogP contribution in [0, 0.1) is 0 Å². The van der Waals surface area contributed by atoms with Gasteiger partial charge in [0.2, 0.25) is 0 Å². The molecule has 0 aliphatic carbocycles. The van der Waals surface area contributed by atoms with Gasteiger partial charge in [0.05, 0.1) is 24.7 Å². The molecule has 0 atom stereocenters. The van der Waals surface area contributed by atoms with Crippen molar-refractivity contribution in [2.75, 3.05) is 12.3 Å². The highest BCUT2D eigenvalue weighted by Crippen LogP contribution is 2.21. The molecule has 0 bridgehead atoms. The second-order valence-electron chi connectivity index (χ2n) is 3.77. The number of carbonyl (C=O) groups is 1. The Kier molecular flexibility index (Phi) is 3.74. The highest BCUT2D eigenvalue weighted by Gasteiger charge is 2.21. The molecule has 2 aromatic rings. The standard InChI is InChI=1S/C12H15N5O2/c1-3-9-16-10(12(18)19-4-2)11(13)17(9)8-5-14-7-15-6-8/h5-7H,3-4,13H2,1-2H3. The number of nitrogen functional groups attached to an aromatic ring is 1. The minimum Gasteiger partial charge on any atom is -0.461 e. The largest absolute Gasteiger partial charge is 0.461 e. The van der Waals surface area contributed by atoms with Crippen molar-refractivity contribution in [2.24, 2.45) is 0 Å². The van der Waals surface area contributed by atoms with Crippen molar-refractivity contribution in [1.82, 2.24) is 19.5 Å². The lowest BCUT2D eigenvalue weighted by Gasteiger charge is -2.07. The molecule has 0 unspecified atom stereocenters. The van der Waals surface area contributed by atoms with E-state index in [9.17, 15) is 4.79 Å². The van der Waals surface area contributed by atoms with Gasteiger partial charge in [-0.05, 0) is 6.92 Å². The minimum absolute atomic E-state index is 0.127. The number of hydrogen-bond acceptors (Lipinski definition) is 6. The van der Waals surface area contributed by atoms with E-state index in [2.05, 4.69) is 15.0 Å². The lowest BCUT2D eigenvalue weighted by molar-refractivity contribution is 0.0521. The molecule has 0 amide bonds. The Balaban J connectivity index is 2.52. The van der Waals surface area contributed by atoms with Crippen LogP contribution in [-0.4, -0.2) is 32.1 Å². The van der Waals surface area contributed by atoms with Crippen LogP contribution in [-0.2, 0) is 11.2 Å². The van der Waals surface area contributed by atoms with Crippen LogP contribution in [0.4, 0.5) is 5.82 Å². The first-order chi connectivity index (χ1) is 9.19. The van der Waals surface area contributed by atoms with Gasteiger partial charge in [0.25, 0.3) is 0 Å². The predicted molar refractivity (Wildman–Crippen MR) is 68.9 cm³/mol. The van der Waals surface area contributed by atoms with E-state index < -0.39 is 5.97 Å². The van der Waals surface area contributed by atoms with Crippen LogP contribution in [0.5, 0.6) is 0 Å². The van der Waals surface area contributed by atoms with Crippen LogP contribution in [0.1, 0.15) is 30.2 Å². The third-order valence-corrected chi connectivity index (χ3v) is 2.57. The molecule has 19 heavy (non-hydrogen) atoms. The maximum atomic E-state index is 11.8. The molecule has 0 saturated carbocycles. The summed E-state index contributed by atoms with van der Waals surface area (Å²) >= 11 is 0. The molecule has 0 aliphatic rings. The maximum absolute atomic E-state index is 11.8. The fourth-order valence-corrected chi connectivity index (χ4v) is 1.76. The molecule has 2 aromatic heterocycles. The van der Waals surface area contributed by atoms with E-state index in [4.69, 9.17) is 10.5 Å². The summed E-state index contributed by atoms with van der Waals surface area (Å²) in [5, 5.41) is 0. The molecule has 2 N–H and O–H groups in total. The Labute approximate surface area is 110 Å². The molecule has 7 heteroatoms. The molecule has 100 valence electrons. The number of nitrogens with two attached hydrogens (primary N) is 1. The van der Waals surface area contributed by atoms with Crippen molar-refractivity contribution in [3.63, 3.8) is 0 Å². The van der Waals surface area contributed by atoms with Crippen LogP contribution in [0.3, 0.4) is 0 Å². The number of aromatic nitrogens is 4. The second-order valence-corrected chi connectivity index (χ2v) is 3.77. The number of anilines is 1. The van der Waals surface area contributed by atoms with Gasteiger partial charge in [-0.25, -0.2) is 19.7 Å². The number of rotatable bonds is 4. The van der Waals surface area contributed by atoms with Crippen molar-refractivity contribution in [2.45, 2.75) is 20.3 Å². The summed E-state index contributed by atoms with van der Waals surface area (Å²) in [5.74, 6) is 0.380. The Morgan fingerprint density at radius 3 is 2.63 bits per heavy atom. The van der Waals surface area contributed by atoms with E-state index >= 15 is 0 Å². The van der Waals surface area contributed by atoms with Gasteiger partial charge in [0.15, 0.2) is 5.69 Å². The van der Waals surface area contributed by atoms with Gasteiger partial charge < -0.3 is 10.5 Å². The number of hydrogen-bond donors (Lipinski definition) is 1. The van der Waals surface area contributed by atoms with Gasteiger partial charge in [0.1, 0.15) is 18.0 Å². The monoisotopic (exact) mass is 261 g/mol. The quantitative estimate of drug-likeness (QED) is 0.824. The van der Waals surface area contributed by atoms with E-state index in [1.54, 1.807) is 23.9 Å². The first kappa shape index (κ1) is 13.0. The molecular formula is C12H15N5O2. The van der Waals surface area contributed by atoms with E-state index in [0.29, 0.717) is 17.9 Å². The summed E-state index contributed by atoms with van der Waals surface area (Å²) in [5.41, 5.74) is 6.78. The number of nitrogens with zero attached hydrogens (tertiary/aromatic N) is 4. The molecule has 2 rings (SSSR count). The van der Waals surface area contributed by atoms with Gasteiger partial charge >= 0.3 is 5.97 Å². The van der Waals surface area contributed by atoms with Crippen molar-refractivity contribution in [3.05, 3.63) is 30.2 Å². The summed E-state index contributed by atoms with van der Waals surface area (Å²) in [4.78, 5) is 23.9. The van der Waals surface area contributed by atoms with E-state index in [-0.39, 0.29) is 18.1 Å². The van der Waals surface area contributed by atoms with Crippen LogP contribution in [0.2, 0.25) is 0 Å². The van der Waals surface area contributed by atoms with Crippen molar-refractivity contribution in [3.8, 4) is 5.69 Å². The highest BCUT2D eigenvalue weighted by molar-refractivity contribution is 5.92. The molecule has 0 saturated heterocycles. The summed E-state index contributed by atoms with van der Waals surface area (Å²) < 4.78 is 6.59. The molecule has 2 heterocycles. The zero-order valence-electron chi connectivity index (χ0n) is 10.8. The summed E-state index contributed by atoms with van der Waals surface area (Å²) in [6, 6.07) is 0. The molecule has 0 radical (unpaired) electrons. The minimum atomic E-state index is -0.523. The first-order valence-electron chi connectivity index (χ1n) is 5.98. The first-order valence-corrected chi connectivity index (χ1v) is 5.98. The number of ether oxygens (including phenoxy) is 1. The number of esters is 1. The molecule has 0 aromatic carbocycles. The molecule has 0 spiro atoms. The summed E-state index contributed by atoms with van der Waals surface area (Å²) in [6.45, 7) is 3.94. The van der Waals surface area contributed by atoms with E-state index in [1.807, 2.05) is 6.92 Å². The Hall–Kier alpha value is -2.44. The van der Waals surface area contributed by atoms with Gasteiger partial charge in [-0.1, -0.05) is 6.92 Å². The number of aryl methyl sites for hydroxylation is 1. The summed E-state index contributed by atoms with van der Waals surface area (Å²) in [7, 11) is 0. The normalized spacial score (nSPS) is 10.4. The Bertz CT molecular complexity index is 579. The zero-order chi connectivity index (χ0) is 13.8. The van der Waals surface area contributed by atoms with E-state index in [1.165, 1.54) is 6.33 Å². The van der Waals surface area contributed by atoms with E-state index in [0.717, 1.165) is 0 Å². The van der Waals surface area contributed by atoms with Gasteiger partial charge in [-0.3, -0.25) is 4.57 Å². The van der Waals surface area contributed by atoms with Crippen LogP contribution in [0.15, 0.2) is 18.7 Å². The fourth-order valence-electron chi connectivity index (χ4n) is 1.76. The smallest absolute Gasteiger partial charge is 0.360 e. The lowest BCUT2D eigenvalue weighted by atomic mass is 10.4. The third kappa shape index (κ3) is 2.40. The topological polar surface area (TPSA) is 95.9 Å². The number of carbonyl (C=O) groups excluding carboxylic acids is 1. The fraction of sp³-hybridized carbons (Fsp3) is 0.333. The molecule has 0 fully saturated rings. The third-order valence-electron chi connectivity index (χ3n) is 2.57. The van der Waals surface area contributed by atoms with Crippen LogP contribution in [0.25, 0.3) is 5.69 Å².